The maximum absolute atomic E-state index is 10.0. The van der Waals surface area contributed by atoms with E-state index < -0.39 is 8.07 Å². The molecule has 0 saturated heterocycles. The predicted octanol–water partition coefficient (Wildman–Crippen LogP) is 10.9. The monoisotopic (exact) mass is 833 g/mol. The van der Waals surface area contributed by atoms with E-state index in [1.165, 1.54) is 20.7 Å². The van der Waals surface area contributed by atoms with Crippen LogP contribution in [0.25, 0.3) is 72.8 Å². The maximum Gasteiger partial charge on any atom is 0.179 e. The molecular weight excluding hydrogens is 795 g/mol. The van der Waals surface area contributed by atoms with Crippen LogP contribution in [0.1, 0.15) is 5.56 Å². The number of fused-ring (bicyclic) bond motifs is 3. The highest BCUT2D eigenvalue weighted by molar-refractivity contribution is 7.19. The molecular formula is C58H39N5Si. The number of nitrogens with zero attached hydrogens (tertiary/aromatic N) is 5. The molecule has 9 aromatic carbocycles. The zero-order chi connectivity index (χ0) is 42.9. The van der Waals surface area contributed by atoms with E-state index in [0.717, 1.165) is 55.3 Å². The van der Waals surface area contributed by atoms with Gasteiger partial charge in [0.1, 0.15) is 0 Å². The van der Waals surface area contributed by atoms with Gasteiger partial charge in [-0.25, -0.2) is 15.0 Å². The van der Waals surface area contributed by atoms with Crippen molar-refractivity contribution in [3.63, 3.8) is 0 Å². The summed E-state index contributed by atoms with van der Waals surface area (Å²) in [5.41, 5.74) is 8.24. The van der Waals surface area contributed by atoms with E-state index in [-0.39, 0.29) is 0 Å². The molecule has 300 valence electrons. The highest BCUT2D eigenvalue weighted by Gasteiger charge is 2.41. The summed E-state index contributed by atoms with van der Waals surface area (Å²) in [4.78, 5) is 15.7. The molecule has 0 fully saturated rings. The van der Waals surface area contributed by atoms with Gasteiger partial charge in [0.2, 0.25) is 0 Å². The van der Waals surface area contributed by atoms with Gasteiger partial charge in [-0.3, -0.25) is 0 Å². The summed E-state index contributed by atoms with van der Waals surface area (Å²) in [5.74, 6) is 1.74. The number of aromatic nitrogens is 4. The first-order valence-electron chi connectivity index (χ1n) is 21.4. The normalized spacial score (nSPS) is 11.4. The first kappa shape index (κ1) is 38.4. The predicted molar refractivity (Wildman–Crippen MR) is 264 cm³/mol. The van der Waals surface area contributed by atoms with Crippen LogP contribution in [-0.4, -0.2) is 27.6 Å². The first-order chi connectivity index (χ1) is 31.7. The van der Waals surface area contributed by atoms with Crippen molar-refractivity contribution in [1.29, 1.82) is 5.26 Å². The summed E-state index contributed by atoms with van der Waals surface area (Å²) in [5, 5.41) is 17.4. The van der Waals surface area contributed by atoms with Crippen LogP contribution in [0.4, 0.5) is 0 Å². The maximum atomic E-state index is 10.0. The van der Waals surface area contributed by atoms with Gasteiger partial charge in [-0.05, 0) is 62.2 Å². The second-order valence-electron chi connectivity index (χ2n) is 15.9. The smallest absolute Gasteiger partial charge is 0.179 e. The molecule has 5 nitrogen and oxygen atoms in total. The van der Waals surface area contributed by atoms with E-state index in [4.69, 9.17) is 15.0 Å². The summed E-state index contributed by atoms with van der Waals surface area (Å²) >= 11 is 0. The number of hydrogen-bond donors (Lipinski definition) is 0. The highest BCUT2D eigenvalue weighted by Crippen LogP contribution is 2.38. The minimum absolute atomic E-state index is 0.561. The lowest BCUT2D eigenvalue weighted by molar-refractivity contribution is 1.07. The molecule has 11 rings (SSSR count). The molecule has 0 saturated carbocycles. The third kappa shape index (κ3) is 6.69. The topological polar surface area (TPSA) is 67.4 Å². The van der Waals surface area contributed by atoms with Gasteiger partial charge in [-0.15, -0.1) is 0 Å². The fraction of sp³-hybridized carbons (Fsp3) is 0. The molecule has 0 bridgehead atoms. The van der Waals surface area contributed by atoms with Crippen LogP contribution in [0.5, 0.6) is 0 Å². The Morgan fingerprint density at radius 2 is 0.844 bits per heavy atom. The van der Waals surface area contributed by atoms with Crippen LogP contribution in [0.15, 0.2) is 237 Å². The van der Waals surface area contributed by atoms with Gasteiger partial charge in [0.25, 0.3) is 0 Å². The van der Waals surface area contributed by atoms with Crippen molar-refractivity contribution in [3.8, 4) is 57.0 Å². The average molecular weight is 834 g/mol. The number of benzene rings is 9. The Labute approximate surface area is 372 Å². The van der Waals surface area contributed by atoms with E-state index in [2.05, 4.69) is 174 Å². The quantitative estimate of drug-likeness (QED) is 0.107. The fourth-order valence-corrected chi connectivity index (χ4v) is 14.1. The minimum Gasteiger partial charge on any atom is -0.309 e. The summed E-state index contributed by atoms with van der Waals surface area (Å²) in [7, 11) is -2.86. The highest BCUT2D eigenvalue weighted by atomic mass is 28.3. The Hall–Kier alpha value is -8.50. The molecule has 2 heterocycles. The van der Waals surface area contributed by atoms with Crippen LogP contribution < -0.4 is 20.7 Å². The molecule has 2 aromatic heterocycles. The number of rotatable bonds is 9. The van der Waals surface area contributed by atoms with Gasteiger partial charge >= 0.3 is 0 Å². The number of para-hydroxylation sites is 1. The van der Waals surface area contributed by atoms with Gasteiger partial charge in [0.15, 0.2) is 25.5 Å². The van der Waals surface area contributed by atoms with Crippen molar-refractivity contribution < 1.29 is 0 Å². The Bertz CT molecular complexity index is 3340. The van der Waals surface area contributed by atoms with Crippen molar-refractivity contribution in [2.24, 2.45) is 0 Å². The van der Waals surface area contributed by atoms with Gasteiger partial charge < -0.3 is 4.57 Å². The largest absolute Gasteiger partial charge is 0.309 e. The van der Waals surface area contributed by atoms with Crippen molar-refractivity contribution in [1.82, 2.24) is 19.5 Å². The Morgan fingerprint density at radius 1 is 0.359 bits per heavy atom. The fourth-order valence-electron chi connectivity index (χ4n) is 9.34. The summed E-state index contributed by atoms with van der Waals surface area (Å²) in [6.45, 7) is 0. The zero-order valence-corrected chi connectivity index (χ0v) is 35.8. The number of nitriles is 1. The molecule has 6 heteroatoms. The summed E-state index contributed by atoms with van der Waals surface area (Å²) < 4.78 is 2.25. The van der Waals surface area contributed by atoms with Crippen molar-refractivity contribution in [2.75, 3.05) is 0 Å². The van der Waals surface area contributed by atoms with Crippen LogP contribution >= 0.6 is 0 Å². The summed E-state index contributed by atoms with van der Waals surface area (Å²) in [6.07, 6.45) is 0. The van der Waals surface area contributed by atoms with Crippen molar-refractivity contribution in [2.45, 2.75) is 0 Å². The first-order valence-corrected chi connectivity index (χ1v) is 23.4. The van der Waals surface area contributed by atoms with Crippen molar-refractivity contribution >= 4 is 50.6 Å². The molecule has 0 spiro atoms. The van der Waals surface area contributed by atoms with Crippen LogP contribution in [0.3, 0.4) is 0 Å². The molecule has 0 atom stereocenters. The van der Waals surface area contributed by atoms with Crippen LogP contribution in [0, 0.1) is 11.3 Å². The van der Waals surface area contributed by atoms with E-state index in [9.17, 15) is 5.26 Å². The molecule has 0 aliphatic heterocycles. The molecule has 0 radical (unpaired) electrons. The zero-order valence-electron chi connectivity index (χ0n) is 34.8. The molecule has 0 unspecified atom stereocenters. The Kier molecular flexibility index (Phi) is 9.85. The molecule has 0 aliphatic carbocycles. The lowest BCUT2D eigenvalue weighted by atomic mass is 9.98. The standard InChI is InChI=1S/C58H39N5Si/c59-40-41-33-35-52-51-31-16-17-32-54(51)63(55(52)37-41)45-34-36-50(53(39-45)58-61-56(42-19-6-1-7-20-42)60-57(62-58)43-21-8-2-9-22-43)44-23-18-30-49(38-44)64(46-24-10-3-11-25-46,47-26-12-4-13-27-47)48-28-14-5-15-29-48/h1-39H. The molecule has 64 heavy (non-hydrogen) atoms. The second-order valence-corrected chi connectivity index (χ2v) is 19.7. The molecule has 11 aromatic rings. The average Bonchev–Trinajstić information content (AvgIpc) is 3.71. The van der Waals surface area contributed by atoms with Gasteiger partial charge in [0.05, 0.1) is 22.7 Å². The van der Waals surface area contributed by atoms with Crippen molar-refractivity contribution in [3.05, 3.63) is 242 Å². The van der Waals surface area contributed by atoms with Crippen LogP contribution in [0.2, 0.25) is 0 Å². The lowest BCUT2D eigenvalue weighted by Gasteiger charge is -2.34. The second kappa shape index (κ2) is 16.4. The molecule has 0 N–H and O–H groups in total. The van der Waals surface area contributed by atoms with Gasteiger partial charge in [-0.1, -0.05) is 206 Å². The van der Waals surface area contributed by atoms with Gasteiger partial charge in [-0.2, -0.15) is 5.26 Å². The van der Waals surface area contributed by atoms with E-state index in [0.29, 0.717) is 23.0 Å². The van der Waals surface area contributed by atoms with E-state index in [1.807, 2.05) is 72.8 Å². The minimum atomic E-state index is -2.86. The van der Waals surface area contributed by atoms with E-state index in [1.54, 1.807) is 0 Å². The molecule has 0 amide bonds. The third-order valence-electron chi connectivity index (χ3n) is 12.2. The van der Waals surface area contributed by atoms with Crippen LogP contribution in [-0.2, 0) is 0 Å². The number of hydrogen-bond acceptors (Lipinski definition) is 4. The Morgan fingerprint density at radius 3 is 1.42 bits per heavy atom. The Balaban J connectivity index is 1.21. The third-order valence-corrected chi connectivity index (χ3v) is 17.0. The lowest BCUT2D eigenvalue weighted by Crippen LogP contribution is -2.74. The van der Waals surface area contributed by atoms with E-state index >= 15 is 0 Å². The summed E-state index contributed by atoms with van der Waals surface area (Å²) in [6, 6.07) is 85.7. The molecule has 0 aliphatic rings. The van der Waals surface area contributed by atoms with Gasteiger partial charge in [0, 0.05) is 33.2 Å². The SMILES string of the molecule is N#Cc1ccc2c3ccccc3n(-c3ccc(-c4cccc([Si](c5ccccc5)(c5ccccc5)c5ccccc5)c4)c(-c4nc(-c5ccccc5)nc(-c5ccccc5)n4)c3)c2c1.